The predicted molar refractivity (Wildman–Crippen MR) is 49.2 cm³/mol. The van der Waals surface area contributed by atoms with E-state index in [4.69, 9.17) is 4.42 Å². The molecule has 0 aliphatic carbocycles. The summed E-state index contributed by atoms with van der Waals surface area (Å²) in [5, 5.41) is 8.05. The third-order valence-corrected chi connectivity index (χ3v) is 2.31. The molecule has 0 saturated heterocycles. The lowest BCUT2D eigenvalue weighted by Gasteiger charge is -2.09. The van der Waals surface area contributed by atoms with Crippen LogP contribution in [0.3, 0.4) is 0 Å². The summed E-state index contributed by atoms with van der Waals surface area (Å²) < 4.78 is 9.08. The van der Waals surface area contributed by atoms with Crippen LogP contribution in [0.1, 0.15) is 5.76 Å². The van der Waals surface area contributed by atoms with Crippen molar-refractivity contribution in [3.05, 3.63) is 17.9 Å². The molecular formula is C7H8N4OS. The molecule has 2 aromatic rings. The smallest absolute Gasteiger partial charge is 0.234 e. The van der Waals surface area contributed by atoms with Crippen molar-refractivity contribution in [1.82, 2.24) is 14.8 Å². The van der Waals surface area contributed by atoms with Gasteiger partial charge in [-0.1, -0.05) is 9.59 Å². The number of hydrogen-bond donors (Lipinski definition) is 0. The van der Waals surface area contributed by atoms with Gasteiger partial charge in [0.15, 0.2) is 0 Å². The highest BCUT2D eigenvalue weighted by Crippen LogP contribution is 2.24. The van der Waals surface area contributed by atoms with Crippen LogP contribution in [0.25, 0.3) is 0 Å². The molecule has 5 nitrogen and oxygen atoms in total. The summed E-state index contributed by atoms with van der Waals surface area (Å²) in [6, 6.07) is 3.79. The number of aromatic nitrogens is 3. The first-order valence-electron chi connectivity index (χ1n) is 3.72. The van der Waals surface area contributed by atoms with E-state index in [1.165, 1.54) is 11.5 Å². The molecule has 0 bridgehead atoms. The van der Waals surface area contributed by atoms with E-state index in [2.05, 4.69) is 14.8 Å². The summed E-state index contributed by atoms with van der Waals surface area (Å²) in [6.07, 6.45) is 0. The Morgan fingerprint density at radius 2 is 2.31 bits per heavy atom. The summed E-state index contributed by atoms with van der Waals surface area (Å²) in [5.41, 5.74) is 0. The average molecular weight is 196 g/mol. The Morgan fingerprint density at radius 3 is 2.85 bits per heavy atom. The molecule has 68 valence electrons. The summed E-state index contributed by atoms with van der Waals surface area (Å²) in [7, 11) is 1.86. The highest BCUT2D eigenvalue weighted by atomic mass is 32.1. The van der Waals surface area contributed by atoms with Gasteiger partial charge in [0.2, 0.25) is 11.0 Å². The number of anilines is 2. The Hall–Kier alpha value is -1.43. The minimum absolute atomic E-state index is 0.717. The maximum Gasteiger partial charge on any atom is 0.234 e. The molecule has 0 atom stereocenters. The molecule has 6 heteroatoms. The molecule has 0 amide bonds. The molecule has 2 heterocycles. The van der Waals surface area contributed by atoms with Crippen LogP contribution in [-0.4, -0.2) is 21.8 Å². The number of nitrogens with zero attached hydrogens (tertiary/aromatic N) is 4. The average Bonchev–Trinajstić information content (AvgIpc) is 2.72. The lowest BCUT2D eigenvalue weighted by Crippen LogP contribution is -2.07. The van der Waals surface area contributed by atoms with E-state index in [1.807, 2.05) is 26.1 Å². The zero-order valence-corrected chi connectivity index (χ0v) is 8.08. The van der Waals surface area contributed by atoms with E-state index < -0.39 is 0 Å². The van der Waals surface area contributed by atoms with E-state index in [9.17, 15) is 0 Å². The molecule has 2 rings (SSSR count). The third-order valence-electron chi connectivity index (χ3n) is 1.63. The van der Waals surface area contributed by atoms with Crippen molar-refractivity contribution in [2.45, 2.75) is 6.92 Å². The highest BCUT2D eigenvalue weighted by molar-refractivity contribution is 7.09. The first-order chi connectivity index (χ1) is 6.27. The molecule has 13 heavy (non-hydrogen) atoms. The molecular weight excluding hydrogens is 188 g/mol. The van der Waals surface area contributed by atoms with Gasteiger partial charge in [-0.05, 0) is 18.2 Å². The van der Waals surface area contributed by atoms with Crippen molar-refractivity contribution in [2.75, 3.05) is 11.9 Å². The van der Waals surface area contributed by atoms with Crippen LogP contribution in [0.5, 0.6) is 0 Å². The largest absolute Gasteiger partial charge is 0.445 e. The van der Waals surface area contributed by atoms with Gasteiger partial charge in [-0.15, -0.1) is 0 Å². The number of furan rings is 1. The molecule has 2 aromatic heterocycles. The molecule has 0 aliphatic rings. The van der Waals surface area contributed by atoms with Crippen LogP contribution in [-0.2, 0) is 0 Å². The second-order valence-electron chi connectivity index (χ2n) is 2.59. The fourth-order valence-electron chi connectivity index (χ4n) is 0.954. The van der Waals surface area contributed by atoms with Crippen molar-refractivity contribution >= 4 is 22.5 Å². The molecule has 0 spiro atoms. The van der Waals surface area contributed by atoms with E-state index in [0.29, 0.717) is 5.13 Å². The Bertz CT molecular complexity index is 383. The second-order valence-corrected chi connectivity index (χ2v) is 3.30. The fourth-order valence-corrected chi connectivity index (χ4v) is 1.39. The standard InChI is InChI=1S/C7H8N4OS/c1-5-3-4-6(12-5)11(2)7-8-9-10-13-7/h3-4H,1-2H3. The normalized spacial score (nSPS) is 10.3. The van der Waals surface area contributed by atoms with Crippen molar-refractivity contribution in [1.29, 1.82) is 0 Å². The Morgan fingerprint density at radius 1 is 1.46 bits per heavy atom. The topological polar surface area (TPSA) is 55.1 Å². The van der Waals surface area contributed by atoms with Gasteiger partial charge in [-0.3, -0.25) is 4.90 Å². The van der Waals surface area contributed by atoms with Gasteiger partial charge in [-0.2, -0.15) is 0 Å². The van der Waals surface area contributed by atoms with Crippen LogP contribution in [0, 0.1) is 6.92 Å². The van der Waals surface area contributed by atoms with E-state index >= 15 is 0 Å². The van der Waals surface area contributed by atoms with Crippen molar-refractivity contribution < 1.29 is 4.42 Å². The molecule has 0 N–H and O–H groups in total. The van der Waals surface area contributed by atoms with Crippen LogP contribution < -0.4 is 4.90 Å². The van der Waals surface area contributed by atoms with Gasteiger partial charge in [0.25, 0.3) is 0 Å². The molecule has 0 saturated carbocycles. The first kappa shape index (κ1) is 8.18. The van der Waals surface area contributed by atoms with Gasteiger partial charge in [0.1, 0.15) is 5.76 Å². The van der Waals surface area contributed by atoms with Crippen molar-refractivity contribution in [3.63, 3.8) is 0 Å². The van der Waals surface area contributed by atoms with Gasteiger partial charge in [-0.25, -0.2) is 0 Å². The summed E-state index contributed by atoms with van der Waals surface area (Å²) >= 11 is 1.23. The van der Waals surface area contributed by atoms with Crippen molar-refractivity contribution in [2.24, 2.45) is 0 Å². The lowest BCUT2D eigenvalue weighted by atomic mass is 10.5. The zero-order chi connectivity index (χ0) is 9.26. The molecule has 0 aromatic carbocycles. The number of aryl methyl sites for hydroxylation is 1. The molecule has 0 unspecified atom stereocenters. The molecule has 0 radical (unpaired) electrons. The van der Waals surface area contributed by atoms with Gasteiger partial charge in [0, 0.05) is 24.6 Å². The molecule has 0 aliphatic heterocycles. The first-order valence-corrected chi connectivity index (χ1v) is 4.50. The number of hydrogen-bond acceptors (Lipinski definition) is 6. The van der Waals surface area contributed by atoms with E-state index in [-0.39, 0.29) is 0 Å². The van der Waals surface area contributed by atoms with Gasteiger partial charge >= 0.3 is 0 Å². The van der Waals surface area contributed by atoms with E-state index in [1.54, 1.807) is 4.90 Å². The number of rotatable bonds is 2. The maximum atomic E-state index is 5.41. The Kier molecular flexibility index (Phi) is 1.97. The second kappa shape index (κ2) is 3.14. The Balaban J connectivity index is 2.28. The minimum atomic E-state index is 0.717. The van der Waals surface area contributed by atoms with E-state index in [0.717, 1.165) is 11.6 Å². The molecule has 0 fully saturated rings. The monoisotopic (exact) mass is 196 g/mol. The lowest BCUT2D eigenvalue weighted by molar-refractivity contribution is 0.537. The summed E-state index contributed by atoms with van der Waals surface area (Å²) in [4.78, 5) is 1.80. The third kappa shape index (κ3) is 1.52. The van der Waals surface area contributed by atoms with Crippen molar-refractivity contribution in [3.8, 4) is 0 Å². The minimum Gasteiger partial charge on any atom is -0.445 e. The quantitative estimate of drug-likeness (QED) is 0.730. The van der Waals surface area contributed by atoms with Crippen LogP contribution in [0.4, 0.5) is 11.0 Å². The summed E-state index contributed by atoms with van der Waals surface area (Å²) in [6.45, 7) is 1.90. The van der Waals surface area contributed by atoms with Gasteiger partial charge < -0.3 is 4.42 Å². The predicted octanol–water partition coefficient (Wildman–Crippen LogP) is 1.60. The van der Waals surface area contributed by atoms with Gasteiger partial charge in [0.05, 0.1) is 0 Å². The van der Waals surface area contributed by atoms with Crippen LogP contribution in [0.15, 0.2) is 16.5 Å². The summed E-state index contributed by atoms with van der Waals surface area (Å²) in [5.74, 6) is 1.62. The SMILES string of the molecule is Cc1ccc(N(C)c2nnns2)o1. The maximum absolute atomic E-state index is 5.41. The highest BCUT2D eigenvalue weighted by Gasteiger charge is 2.10. The Labute approximate surface area is 79.1 Å². The zero-order valence-electron chi connectivity index (χ0n) is 7.26. The van der Waals surface area contributed by atoms with Crippen LogP contribution in [0.2, 0.25) is 0 Å². The van der Waals surface area contributed by atoms with Crippen LogP contribution >= 0.6 is 11.5 Å². The fraction of sp³-hybridized carbons (Fsp3) is 0.286.